The Morgan fingerprint density at radius 3 is 2.87 bits per heavy atom. The predicted molar refractivity (Wildman–Crippen MR) is 58.5 cm³/mol. The second-order valence-corrected chi connectivity index (χ2v) is 4.10. The van der Waals surface area contributed by atoms with Crippen molar-refractivity contribution in [2.75, 3.05) is 24.3 Å². The number of nitrogens with two attached hydrogens (primary N) is 1. The molecule has 2 heterocycles. The molecule has 15 heavy (non-hydrogen) atoms. The zero-order valence-corrected chi connectivity index (χ0v) is 8.86. The molecule has 1 fully saturated rings. The highest BCUT2D eigenvalue weighted by Crippen LogP contribution is 2.23. The third kappa shape index (κ3) is 2.56. The van der Waals surface area contributed by atoms with E-state index in [0.29, 0.717) is 11.8 Å². The molecule has 1 aliphatic heterocycles. The first-order valence-corrected chi connectivity index (χ1v) is 5.12. The molecule has 5 nitrogen and oxygen atoms in total. The third-order valence-corrected chi connectivity index (χ3v) is 2.69. The van der Waals surface area contributed by atoms with Crippen molar-refractivity contribution in [2.45, 2.75) is 25.3 Å². The number of nitrogens with one attached hydrogen (secondary N) is 1. The monoisotopic (exact) mass is 208 g/mol. The molecule has 0 atom stereocenters. The van der Waals surface area contributed by atoms with Crippen LogP contribution in [-0.4, -0.2) is 28.7 Å². The molecule has 5 heteroatoms. The Labute approximate surface area is 89.1 Å². The van der Waals surface area contributed by atoms with Gasteiger partial charge in [0, 0.05) is 24.9 Å². The average Bonchev–Trinajstić information content (AvgIpc) is 2.18. The molecular weight excluding hydrogens is 192 g/mol. The average molecular weight is 208 g/mol. The van der Waals surface area contributed by atoms with E-state index in [1.54, 1.807) is 12.3 Å². The Morgan fingerprint density at radius 2 is 2.20 bits per heavy atom. The number of hydrogen-bond acceptors (Lipinski definition) is 5. The third-order valence-electron chi connectivity index (χ3n) is 2.69. The second kappa shape index (κ2) is 4.02. The molecule has 1 aromatic rings. The quantitative estimate of drug-likeness (QED) is 0.759. The van der Waals surface area contributed by atoms with E-state index >= 15 is 0 Å². The van der Waals surface area contributed by atoms with Crippen molar-refractivity contribution in [2.24, 2.45) is 0 Å². The molecule has 82 valence electrons. The predicted octanol–water partition coefficient (Wildman–Crippen LogP) is 1.04. The number of ether oxygens (including phenoxy) is 1. The van der Waals surface area contributed by atoms with E-state index < -0.39 is 0 Å². The van der Waals surface area contributed by atoms with E-state index in [1.807, 2.05) is 0 Å². The summed E-state index contributed by atoms with van der Waals surface area (Å²) in [5.74, 6) is 1.09. The van der Waals surface area contributed by atoms with Crippen molar-refractivity contribution < 1.29 is 4.74 Å². The van der Waals surface area contributed by atoms with Gasteiger partial charge in [-0.25, -0.2) is 4.98 Å². The maximum Gasteiger partial charge on any atom is 0.225 e. The summed E-state index contributed by atoms with van der Waals surface area (Å²) in [6, 6.07) is 1.68. The fraction of sp³-hybridized carbons (Fsp3) is 0.600. The minimum absolute atomic E-state index is 0.0199. The van der Waals surface area contributed by atoms with Crippen LogP contribution in [-0.2, 0) is 4.74 Å². The van der Waals surface area contributed by atoms with E-state index in [4.69, 9.17) is 10.5 Å². The fourth-order valence-electron chi connectivity index (χ4n) is 1.65. The molecule has 1 aromatic heterocycles. The van der Waals surface area contributed by atoms with Gasteiger partial charge in [-0.3, -0.25) is 0 Å². The van der Waals surface area contributed by atoms with Crippen LogP contribution in [0.2, 0.25) is 0 Å². The minimum Gasteiger partial charge on any atom is -0.384 e. The van der Waals surface area contributed by atoms with Gasteiger partial charge in [0.1, 0.15) is 5.82 Å². The van der Waals surface area contributed by atoms with Gasteiger partial charge in [-0.1, -0.05) is 0 Å². The second-order valence-electron chi connectivity index (χ2n) is 4.10. The van der Waals surface area contributed by atoms with Crippen LogP contribution in [0.1, 0.15) is 19.8 Å². The lowest BCUT2D eigenvalue weighted by Crippen LogP contribution is -2.41. The van der Waals surface area contributed by atoms with Crippen LogP contribution in [0.4, 0.5) is 11.8 Å². The summed E-state index contributed by atoms with van der Waals surface area (Å²) in [5.41, 5.74) is 5.61. The zero-order valence-electron chi connectivity index (χ0n) is 8.86. The lowest BCUT2D eigenvalue weighted by atomic mass is 9.93. The summed E-state index contributed by atoms with van der Waals surface area (Å²) >= 11 is 0. The summed E-state index contributed by atoms with van der Waals surface area (Å²) in [7, 11) is 0. The van der Waals surface area contributed by atoms with Gasteiger partial charge in [-0.15, -0.1) is 0 Å². The van der Waals surface area contributed by atoms with Crippen LogP contribution in [0, 0.1) is 0 Å². The Kier molecular flexibility index (Phi) is 2.73. The summed E-state index contributed by atoms with van der Waals surface area (Å²) in [6.07, 6.45) is 3.59. The van der Waals surface area contributed by atoms with E-state index in [0.717, 1.165) is 26.1 Å². The van der Waals surface area contributed by atoms with Crippen LogP contribution in [0.15, 0.2) is 12.3 Å². The number of hydrogen-bond donors (Lipinski definition) is 2. The van der Waals surface area contributed by atoms with Crippen LogP contribution >= 0.6 is 0 Å². The molecule has 0 saturated carbocycles. The highest BCUT2D eigenvalue weighted by atomic mass is 16.5. The molecule has 0 amide bonds. The van der Waals surface area contributed by atoms with E-state index in [-0.39, 0.29) is 5.54 Å². The molecule has 0 aromatic carbocycles. The van der Waals surface area contributed by atoms with Gasteiger partial charge in [0.05, 0.1) is 0 Å². The molecule has 0 aliphatic carbocycles. The Bertz CT molecular complexity index is 336. The summed E-state index contributed by atoms with van der Waals surface area (Å²) in [6.45, 7) is 3.72. The first-order valence-electron chi connectivity index (χ1n) is 5.12. The van der Waals surface area contributed by atoms with Crippen LogP contribution < -0.4 is 11.1 Å². The van der Waals surface area contributed by atoms with Crippen molar-refractivity contribution in [1.82, 2.24) is 9.97 Å². The molecule has 3 N–H and O–H groups in total. The number of aromatic nitrogens is 2. The van der Waals surface area contributed by atoms with Gasteiger partial charge in [-0.2, -0.15) is 4.98 Å². The van der Waals surface area contributed by atoms with Crippen molar-refractivity contribution in [3.05, 3.63) is 12.3 Å². The van der Waals surface area contributed by atoms with Crippen LogP contribution in [0.5, 0.6) is 0 Å². The van der Waals surface area contributed by atoms with Gasteiger partial charge >= 0.3 is 0 Å². The van der Waals surface area contributed by atoms with E-state index in [1.165, 1.54) is 0 Å². The number of nitrogen functional groups attached to an aromatic ring is 1. The van der Waals surface area contributed by atoms with Crippen molar-refractivity contribution in [1.29, 1.82) is 0 Å². The van der Waals surface area contributed by atoms with Crippen molar-refractivity contribution in [3.8, 4) is 0 Å². The molecule has 0 spiro atoms. The molecule has 2 rings (SSSR count). The highest BCUT2D eigenvalue weighted by Gasteiger charge is 2.27. The lowest BCUT2D eigenvalue weighted by Gasteiger charge is -2.34. The van der Waals surface area contributed by atoms with E-state index in [9.17, 15) is 0 Å². The molecule has 0 unspecified atom stereocenters. The maximum absolute atomic E-state index is 5.59. The van der Waals surface area contributed by atoms with Crippen molar-refractivity contribution >= 4 is 11.8 Å². The van der Waals surface area contributed by atoms with Gasteiger partial charge < -0.3 is 15.8 Å². The van der Waals surface area contributed by atoms with Gasteiger partial charge in [0.15, 0.2) is 0 Å². The number of nitrogens with zero attached hydrogens (tertiary/aromatic N) is 2. The van der Waals surface area contributed by atoms with Gasteiger partial charge in [-0.05, 0) is 25.8 Å². The Hall–Kier alpha value is -1.36. The largest absolute Gasteiger partial charge is 0.384 e. The summed E-state index contributed by atoms with van der Waals surface area (Å²) in [5, 5.41) is 3.32. The minimum atomic E-state index is 0.0199. The SMILES string of the molecule is CC1(Nc2nccc(N)n2)CCOCC1. The number of rotatable bonds is 2. The first kappa shape index (κ1) is 10.2. The molecule has 1 aliphatic rings. The van der Waals surface area contributed by atoms with Crippen LogP contribution in [0.3, 0.4) is 0 Å². The maximum atomic E-state index is 5.59. The van der Waals surface area contributed by atoms with Crippen LogP contribution in [0.25, 0.3) is 0 Å². The number of anilines is 2. The summed E-state index contributed by atoms with van der Waals surface area (Å²) in [4.78, 5) is 8.26. The standard InChI is InChI=1S/C10H16N4O/c1-10(3-6-15-7-4-10)14-9-12-5-2-8(11)13-9/h2,5H,3-4,6-7H2,1H3,(H3,11,12,13,14). The highest BCUT2D eigenvalue weighted by molar-refractivity contribution is 5.37. The lowest BCUT2D eigenvalue weighted by molar-refractivity contribution is 0.0656. The zero-order chi connectivity index (χ0) is 10.7. The smallest absolute Gasteiger partial charge is 0.225 e. The summed E-state index contributed by atoms with van der Waals surface area (Å²) < 4.78 is 5.32. The van der Waals surface area contributed by atoms with Gasteiger partial charge in [0.25, 0.3) is 0 Å². The molecule has 0 radical (unpaired) electrons. The molecule has 0 bridgehead atoms. The Balaban J connectivity index is 2.06. The Morgan fingerprint density at radius 1 is 1.47 bits per heavy atom. The first-order chi connectivity index (χ1) is 7.18. The topological polar surface area (TPSA) is 73.1 Å². The fourth-order valence-corrected chi connectivity index (χ4v) is 1.65. The van der Waals surface area contributed by atoms with E-state index in [2.05, 4.69) is 22.2 Å². The van der Waals surface area contributed by atoms with Gasteiger partial charge in [0.2, 0.25) is 5.95 Å². The van der Waals surface area contributed by atoms with Crippen molar-refractivity contribution in [3.63, 3.8) is 0 Å². The normalized spacial score (nSPS) is 19.8. The molecule has 1 saturated heterocycles. The molecular formula is C10H16N4O.